The minimum Gasteiger partial charge on any atom is -0.497 e. The van der Waals surface area contributed by atoms with Crippen LogP contribution in [0.5, 0.6) is 17.2 Å². The Balaban J connectivity index is 1.49. The van der Waals surface area contributed by atoms with Crippen LogP contribution in [0.4, 0.5) is 0 Å². The zero-order valence-corrected chi connectivity index (χ0v) is 15.9. The summed E-state index contributed by atoms with van der Waals surface area (Å²) in [6, 6.07) is 20.1. The number of methoxy groups -OCH3 is 1. The van der Waals surface area contributed by atoms with E-state index in [-0.39, 0.29) is 11.5 Å². The summed E-state index contributed by atoms with van der Waals surface area (Å²) in [5.41, 5.74) is 2.35. The van der Waals surface area contributed by atoms with Gasteiger partial charge in [-0.3, -0.25) is 4.79 Å². The zero-order valence-electron chi connectivity index (χ0n) is 15.1. The summed E-state index contributed by atoms with van der Waals surface area (Å²) in [4.78, 5) is 12.6. The van der Waals surface area contributed by atoms with E-state index in [4.69, 9.17) is 25.8 Å². The number of fused-ring (bicyclic) bond motifs is 1. The second-order valence-corrected chi connectivity index (χ2v) is 6.73. The molecule has 0 aromatic heterocycles. The summed E-state index contributed by atoms with van der Waals surface area (Å²) in [5, 5.41) is 0.641. The van der Waals surface area contributed by atoms with Gasteiger partial charge in [0.1, 0.15) is 23.9 Å². The van der Waals surface area contributed by atoms with E-state index in [2.05, 4.69) is 0 Å². The predicted molar refractivity (Wildman–Crippen MR) is 108 cm³/mol. The van der Waals surface area contributed by atoms with Crippen LogP contribution in [0.25, 0.3) is 6.08 Å². The molecule has 3 aromatic rings. The number of ketones is 1. The highest BCUT2D eigenvalue weighted by atomic mass is 35.5. The van der Waals surface area contributed by atoms with E-state index >= 15 is 0 Å². The second-order valence-electron chi connectivity index (χ2n) is 6.29. The van der Waals surface area contributed by atoms with Crippen LogP contribution in [0.15, 0.2) is 72.5 Å². The quantitative estimate of drug-likeness (QED) is 0.534. The predicted octanol–water partition coefficient (Wildman–Crippen LogP) is 5.54. The molecule has 0 fully saturated rings. The number of carbonyl (C=O) groups is 1. The molecule has 28 heavy (non-hydrogen) atoms. The standard InChI is InChI=1S/C23H17ClO4/c1-26-18-4-2-3-16(11-18)14-27-19-9-10-20-21(13-19)28-22(23(20)25)12-15-5-7-17(24)8-6-15/h2-13H,14H2,1H3. The third-order valence-corrected chi connectivity index (χ3v) is 4.60. The van der Waals surface area contributed by atoms with Crippen LogP contribution in [-0.4, -0.2) is 12.9 Å². The van der Waals surface area contributed by atoms with Gasteiger partial charge < -0.3 is 14.2 Å². The SMILES string of the molecule is COc1cccc(COc2ccc3c(c2)OC(=Cc2ccc(Cl)cc2)C3=O)c1. The lowest BCUT2D eigenvalue weighted by Crippen LogP contribution is -1.98. The van der Waals surface area contributed by atoms with Gasteiger partial charge in [-0.15, -0.1) is 0 Å². The number of halogens is 1. The van der Waals surface area contributed by atoms with Gasteiger partial charge in [0.15, 0.2) is 5.76 Å². The Bertz CT molecular complexity index is 1050. The van der Waals surface area contributed by atoms with E-state index in [1.54, 1.807) is 43.5 Å². The van der Waals surface area contributed by atoms with Gasteiger partial charge in [0, 0.05) is 11.1 Å². The molecule has 140 valence electrons. The first-order chi connectivity index (χ1) is 13.6. The van der Waals surface area contributed by atoms with E-state index in [9.17, 15) is 4.79 Å². The van der Waals surface area contributed by atoms with Gasteiger partial charge >= 0.3 is 0 Å². The number of ether oxygens (including phenoxy) is 3. The minimum atomic E-state index is -0.149. The number of hydrogen-bond donors (Lipinski definition) is 0. The Morgan fingerprint density at radius 1 is 1.00 bits per heavy atom. The summed E-state index contributed by atoms with van der Waals surface area (Å²) < 4.78 is 16.8. The molecule has 0 N–H and O–H groups in total. The molecule has 1 aliphatic heterocycles. The van der Waals surface area contributed by atoms with Crippen LogP contribution in [-0.2, 0) is 6.61 Å². The van der Waals surface area contributed by atoms with E-state index in [1.165, 1.54) is 0 Å². The minimum absolute atomic E-state index is 0.149. The molecule has 0 atom stereocenters. The van der Waals surface area contributed by atoms with Crippen molar-refractivity contribution in [2.24, 2.45) is 0 Å². The lowest BCUT2D eigenvalue weighted by atomic mass is 10.1. The smallest absolute Gasteiger partial charge is 0.231 e. The van der Waals surface area contributed by atoms with Crippen LogP contribution >= 0.6 is 11.6 Å². The Labute approximate surface area is 167 Å². The van der Waals surface area contributed by atoms with Crippen LogP contribution in [0.3, 0.4) is 0 Å². The van der Waals surface area contributed by atoms with E-state index in [0.717, 1.165) is 16.9 Å². The molecule has 0 spiro atoms. The third-order valence-electron chi connectivity index (χ3n) is 4.35. The highest BCUT2D eigenvalue weighted by Gasteiger charge is 2.27. The molecule has 0 radical (unpaired) electrons. The summed E-state index contributed by atoms with van der Waals surface area (Å²) in [6.07, 6.45) is 1.70. The first-order valence-electron chi connectivity index (χ1n) is 8.72. The largest absolute Gasteiger partial charge is 0.497 e. The van der Waals surface area contributed by atoms with E-state index in [0.29, 0.717) is 28.7 Å². The maximum Gasteiger partial charge on any atom is 0.231 e. The van der Waals surface area contributed by atoms with Gasteiger partial charge in [0.2, 0.25) is 5.78 Å². The van der Waals surface area contributed by atoms with Crippen LogP contribution < -0.4 is 14.2 Å². The highest BCUT2D eigenvalue weighted by molar-refractivity contribution is 6.30. The van der Waals surface area contributed by atoms with Crippen molar-refractivity contribution in [1.82, 2.24) is 0 Å². The molecular formula is C23H17ClO4. The van der Waals surface area contributed by atoms with Crippen molar-refractivity contribution in [3.05, 3.63) is 94.2 Å². The third kappa shape index (κ3) is 3.87. The molecule has 0 aliphatic carbocycles. The Morgan fingerprint density at radius 3 is 2.61 bits per heavy atom. The first kappa shape index (κ1) is 18.1. The van der Waals surface area contributed by atoms with Gasteiger partial charge in [-0.25, -0.2) is 0 Å². The maximum absolute atomic E-state index is 12.6. The van der Waals surface area contributed by atoms with Crippen molar-refractivity contribution in [2.75, 3.05) is 7.11 Å². The normalized spacial score (nSPS) is 13.9. The van der Waals surface area contributed by atoms with Gasteiger partial charge in [-0.1, -0.05) is 35.9 Å². The number of allylic oxidation sites excluding steroid dienone is 1. The number of rotatable bonds is 5. The molecule has 0 bridgehead atoms. The average molecular weight is 393 g/mol. The zero-order chi connectivity index (χ0) is 19.5. The molecule has 4 rings (SSSR count). The summed E-state index contributed by atoms with van der Waals surface area (Å²) in [7, 11) is 1.63. The molecule has 0 saturated heterocycles. The fraction of sp³-hybridized carbons (Fsp3) is 0.0870. The molecule has 0 saturated carbocycles. The molecule has 1 heterocycles. The highest BCUT2D eigenvalue weighted by Crippen LogP contribution is 2.35. The fourth-order valence-corrected chi connectivity index (χ4v) is 3.02. The number of benzene rings is 3. The Hall–Kier alpha value is -3.24. The molecule has 0 unspecified atom stereocenters. The van der Waals surface area contributed by atoms with Crippen molar-refractivity contribution >= 4 is 23.5 Å². The van der Waals surface area contributed by atoms with Crippen LogP contribution in [0, 0.1) is 0 Å². The van der Waals surface area contributed by atoms with Crippen molar-refractivity contribution in [3.8, 4) is 17.2 Å². The van der Waals surface area contributed by atoms with Crippen LogP contribution in [0.2, 0.25) is 5.02 Å². The molecule has 5 heteroatoms. The lowest BCUT2D eigenvalue weighted by molar-refractivity contribution is 0.101. The van der Waals surface area contributed by atoms with Gasteiger partial charge in [0.05, 0.1) is 12.7 Å². The van der Waals surface area contributed by atoms with E-state index in [1.807, 2.05) is 36.4 Å². The summed E-state index contributed by atoms with van der Waals surface area (Å²) >= 11 is 5.90. The molecular weight excluding hydrogens is 376 g/mol. The fourth-order valence-electron chi connectivity index (χ4n) is 2.90. The average Bonchev–Trinajstić information content (AvgIpc) is 3.03. The molecule has 4 nitrogen and oxygen atoms in total. The Kier molecular flexibility index (Phi) is 5.04. The topological polar surface area (TPSA) is 44.8 Å². The van der Waals surface area contributed by atoms with Crippen molar-refractivity contribution < 1.29 is 19.0 Å². The van der Waals surface area contributed by atoms with E-state index < -0.39 is 0 Å². The van der Waals surface area contributed by atoms with Gasteiger partial charge in [-0.05, 0) is 53.6 Å². The molecule has 3 aromatic carbocycles. The monoisotopic (exact) mass is 392 g/mol. The van der Waals surface area contributed by atoms with Gasteiger partial charge in [0.25, 0.3) is 0 Å². The first-order valence-corrected chi connectivity index (χ1v) is 9.10. The van der Waals surface area contributed by atoms with Crippen molar-refractivity contribution in [2.45, 2.75) is 6.61 Å². The molecule has 0 amide bonds. The van der Waals surface area contributed by atoms with Gasteiger partial charge in [-0.2, -0.15) is 0 Å². The number of carbonyl (C=O) groups excluding carboxylic acids is 1. The Morgan fingerprint density at radius 2 is 1.82 bits per heavy atom. The summed E-state index contributed by atoms with van der Waals surface area (Å²) in [6.45, 7) is 0.386. The number of hydrogen-bond acceptors (Lipinski definition) is 4. The van der Waals surface area contributed by atoms with Crippen LogP contribution in [0.1, 0.15) is 21.5 Å². The lowest BCUT2D eigenvalue weighted by Gasteiger charge is -2.08. The van der Waals surface area contributed by atoms with Crippen molar-refractivity contribution in [1.29, 1.82) is 0 Å². The maximum atomic E-state index is 12.6. The van der Waals surface area contributed by atoms with Crippen molar-refractivity contribution in [3.63, 3.8) is 0 Å². The number of Topliss-reactive ketones (excluding diaryl/α,β-unsaturated/α-hetero) is 1. The second kappa shape index (κ2) is 7.79. The summed E-state index contributed by atoms with van der Waals surface area (Å²) in [5.74, 6) is 2.03. The molecule has 1 aliphatic rings.